The Balaban J connectivity index is 1.31. The molecule has 1 saturated heterocycles. The summed E-state index contributed by atoms with van der Waals surface area (Å²) in [5, 5.41) is 10.8. The number of hydrogen-bond acceptors (Lipinski definition) is 4. The molecule has 4 N–H and O–H groups in total. The first-order chi connectivity index (χ1) is 11.9. The van der Waals surface area contributed by atoms with E-state index in [1.165, 1.54) is 6.07 Å². The van der Waals surface area contributed by atoms with E-state index in [4.69, 9.17) is 0 Å². The molecule has 2 atom stereocenters. The minimum absolute atomic E-state index is 0.0279. The fourth-order valence-electron chi connectivity index (χ4n) is 3.83. The van der Waals surface area contributed by atoms with Gasteiger partial charge in [-0.2, -0.15) is 0 Å². The second-order valence-corrected chi connectivity index (χ2v) is 7.05. The molecule has 2 fully saturated rings. The zero-order chi connectivity index (χ0) is 17.7. The lowest BCUT2D eigenvalue weighted by atomic mass is 9.75. The maximum absolute atomic E-state index is 14.0. The van der Waals surface area contributed by atoms with Gasteiger partial charge in [0.15, 0.2) is 0 Å². The highest BCUT2D eigenvalue weighted by Gasteiger charge is 2.44. The van der Waals surface area contributed by atoms with Gasteiger partial charge in [0.2, 0.25) is 5.91 Å². The molecular weight excluding hydrogens is 327 g/mol. The minimum Gasteiger partial charge on any atom is -0.373 e. The number of fused-ring (bicyclic) bond motifs is 1. The van der Waals surface area contributed by atoms with Crippen LogP contribution in [0.2, 0.25) is 0 Å². The van der Waals surface area contributed by atoms with Crippen molar-refractivity contribution < 1.29 is 18.8 Å². The molecular formula is C17H19FN4O3. The van der Waals surface area contributed by atoms with Crippen LogP contribution in [0.25, 0.3) is 0 Å². The number of urea groups is 1. The Labute approximate surface area is 143 Å². The summed E-state index contributed by atoms with van der Waals surface area (Å²) in [6.07, 6.45) is 1.60. The van der Waals surface area contributed by atoms with E-state index in [0.717, 1.165) is 5.56 Å². The van der Waals surface area contributed by atoms with Crippen LogP contribution in [-0.2, 0) is 16.0 Å². The Hall–Kier alpha value is -2.64. The summed E-state index contributed by atoms with van der Waals surface area (Å²) >= 11 is 0. The van der Waals surface area contributed by atoms with E-state index in [2.05, 4.69) is 21.3 Å². The highest BCUT2D eigenvalue weighted by molar-refractivity contribution is 6.04. The number of anilines is 1. The molecule has 4 amide bonds. The van der Waals surface area contributed by atoms with Crippen LogP contribution in [0.1, 0.15) is 24.0 Å². The molecule has 1 saturated carbocycles. The van der Waals surface area contributed by atoms with Crippen LogP contribution < -0.4 is 21.3 Å². The molecule has 1 aromatic carbocycles. The molecule has 132 valence electrons. The monoisotopic (exact) mass is 346 g/mol. The van der Waals surface area contributed by atoms with Gasteiger partial charge in [0, 0.05) is 23.7 Å². The van der Waals surface area contributed by atoms with Crippen molar-refractivity contribution in [3.05, 3.63) is 29.1 Å². The van der Waals surface area contributed by atoms with Crippen LogP contribution >= 0.6 is 0 Å². The van der Waals surface area contributed by atoms with Crippen LogP contribution in [0.3, 0.4) is 0 Å². The smallest absolute Gasteiger partial charge is 0.322 e. The first kappa shape index (κ1) is 15.9. The van der Waals surface area contributed by atoms with Crippen molar-refractivity contribution in [2.75, 3.05) is 5.32 Å². The maximum atomic E-state index is 14.0. The highest BCUT2D eigenvalue weighted by Crippen LogP contribution is 2.33. The predicted molar refractivity (Wildman–Crippen MR) is 87.4 cm³/mol. The standard InChI is InChI=1S/C17H19FN4O3/c1-7-2-11(18)10-6-13(20-12(10)3-7)15(23)19-9-4-8(5-9)14-16(24)22-17(25)21-14/h2-3,8-9,13-14,20H,4-6H2,1H3,(H,19,23)(H2,21,22,24,25). The maximum Gasteiger partial charge on any atom is 0.322 e. The predicted octanol–water partition coefficient (Wildman–Crippen LogP) is 0.574. The summed E-state index contributed by atoms with van der Waals surface area (Å²) in [6.45, 7) is 1.81. The van der Waals surface area contributed by atoms with Gasteiger partial charge in [-0.3, -0.25) is 14.9 Å². The van der Waals surface area contributed by atoms with Crippen LogP contribution in [0.15, 0.2) is 12.1 Å². The second-order valence-electron chi connectivity index (χ2n) is 7.05. The van der Waals surface area contributed by atoms with Crippen molar-refractivity contribution in [3.63, 3.8) is 0 Å². The molecule has 1 aliphatic carbocycles. The molecule has 0 bridgehead atoms. The van der Waals surface area contributed by atoms with Gasteiger partial charge >= 0.3 is 6.03 Å². The lowest BCUT2D eigenvalue weighted by Gasteiger charge is -2.38. The molecule has 0 aromatic heterocycles. The Morgan fingerprint density at radius 1 is 1.24 bits per heavy atom. The molecule has 2 aliphatic heterocycles. The zero-order valence-electron chi connectivity index (χ0n) is 13.7. The lowest BCUT2D eigenvalue weighted by molar-refractivity contribution is -0.124. The summed E-state index contributed by atoms with van der Waals surface area (Å²) in [6, 6.07) is 1.82. The largest absolute Gasteiger partial charge is 0.373 e. The van der Waals surface area contributed by atoms with Crippen molar-refractivity contribution in [2.24, 2.45) is 5.92 Å². The Bertz CT molecular complexity index is 775. The van der Waals surface area contributed by atoms with Crippen molar-refractivity contribution in [1.29, 1.82) is 0 Å². The van der Waals surface area contributed by atoms with Gasteiger partial charge in [0.05, 0.1) is 0 Å². The van der Waals surface area contributed by atoms with Gasteiger partial charge in [-0.05, 0) is 43.4 Å². The number of benzene rings is 1. The number of aryl methyl sites for hydroxylation is 1. The molecule has 25 heavy (non-hydrogen) atoms. The number of halogens is 1. The first-order valence-electron chi connectivity index (χ1n) is 8.38. The summed E-state index contributed by atoms with van der Waals surface area (Å²) in [5.74, 6) is -0.731. The quantitative estimate of drug-likeness (QED) is 0.602. The van der Waals surface area contributed by atoms with E-state index in [0.29, 0.717) is 30.5 Å². The second kappa shape index (κ2) is 5.72. The Kier molecular flexibility index (Phi) is 3.63. The highest BCUT2D eigenvalue weighted by atomic mass is 19.1. The molecule has 3 aliphatic rings. The average Bonchev–Trinajstić information content (AvgIpc) is 3.05. The molecule has 2 unspecified atom stereocenters. The van der Waals surface area contributed by atoms with E-state index < -0.39 is 18.1 Å². The summed E-state index contributed by atoms with van der Waals surface area (Å²) < 4.78 is 14.0. The van der Waals surface area contributed by atoms with Crippen molar-refractivity contribution in [1.82, 2.24) is 16.0 Å². The Morgan fingerprint density at radius 3 is 2.68 bits per heavy atom. The lowest BCUT2D eigenvalue weighted by Crippen LogP contribution is -2.54. The number of carbonyl (C=O) groups is 3. The topological polar surface area (TPSA) is 99.3 Å². The van der Waals surface area contributed by atoms with E-state index in [1.807, 2.05) is 13.0 Å². The molecule has 2 heterocycles. The van der Waals surface area contributed by atoms with Gasteiger partial charge in [0.1, 0.15) is 17.9 Å². The number of carbonyl (C=O) groups excluding carboxylic acids is 3. The van der Waals surface area contributed by atoms with Crippen LogP contribution in [-0.4, -0.2) is 36.0 Å². The van der Waals surface area contributed by atoms with E-state index >= 15 is 0 Å². The number of amides is 4. The average molecular weight is 346 g/mol. The fourth-order valence-corrected chi connectivity index (χ4v) is 3.83. The minimum atomic E-state index is -0.508. The van der Waals surface area contributed by atoms with Crippen molar-refractivity contribution >= 4 is 23.5 Å². The number of hydrogen-bond donors (Lipinski definition) is 4. The van der Waals surface area contributed by atoms with E-state index in [1.54, 1.807) is 0 Å². The Morgan fingerprint density at radius 2 is 2.00 bits per heavy atom. The SMILES string of the molecule is Cc1cc(F)c2c(c1)NC(C(=O)NC1CC(C3NC(=O)NC3=O)C1)C2. The normalized spacial score (nSPS) is 30.0. The molecule has 7 nitrogen and oxygen atoms in total. The van der Waals surface area contributed by atoms with Crippen LogP contribution in [0.5, 0.6) is 0 Å². The first-order valence-corrected chi connectivity index (χ1v) is 8.38. The fraction of sp³-hybridized carbons (Fsp3) is 0.471. The van der Waals surface area contributed by atoms with Crippen LogP contribution in [0, 0.1) is 18.7 Å². The number of nitrogens with one attached hydrogen (secondary N) is 4. The molecule has 0 spiro atoms. The third-order valence-corrected chi connectivity index (χ3v) is 5.19. The molecule has 0 radical (unpaired) electrons. The zero-order valence-corrected chi connectivity index (χ0v) is 13.7. The third kappa shape index (κ3) is 2.81. The third-order valence-electron chi connectivity index (χ3n) is 5.19. The summed E-state index contributed by atoms with van der Waals surface area (Å²) in [4.78, 5) is 35.2. The van der Waals surface area contributed by atoms with Gasteiger partial charge < -0.3 is 16.0 Å². The van der Waals surface area contributed by atoms with E-state index in [-0.39, 0.29) is 29.6 Å². The van der Waals surface area contributed by atoms with Gasteiger partial charge in [-0.1, -0.05) is 0 Å². The van der Waals surface area contributed by atoms with E-state index in [9.17, 15) is 18.8 Å². The molecule has 1 aromatic rings. The van der Waals surface area contributed by atoms with Gasteiger partial charge in [-0.15, -0.1) is 0 Å². The number of rotatable bonds is 3. The molecule has 8 heteroatoms. The van der Waals surface area contributed by atoms with Crippen molar-refractivity contribution in [3.8, 4) is 0 Å². The summed E-state index contributed by atoms with van der Waals surface area (Å²) in [5.41, 5.74) is 2.03. The van der Waals surface area contributed by atoms with Crippen molar-refractivity contribution in [2.45, 2.75) is 44.3 Å². The molecule has 4 rings (SSSR count). The number of imide groups is 1. The van der Waals surface area contributed by atoms with Gasteiger partial charge in [0.25, 0.3) is 5.91 Å². The van der Waals surface area contributed by atoms with Gasteiger partial charge in [-0.25, -0.2) is 9.18 Å². The van der Waals surface area contributed by atoms with Crippen LogP contribution in [0.4, 0.5) is 14.9 Å². The summed E-state index contributed by atoms with van der Waals surface area (Å²) in [7, 11) is 0.